The summed E-state index contributed by atoms with van der Waals surface area (Å²) >= 11 is 6.52. The SMILES string of the molecule is COCC(N)(F)F.O[C@@H]1CO[C@H]2[C@@H]1OC[C@H]2Oc1nc2nc(-c3ccc(C4=NCCN4)cc3)c(Cl)cc2[nH]1. The second-order valence-corrected chi connectivity index (χ2v) is 9.39. The van der Waals surface area contributed by atoms with E-state index in [0.717, 1.165) is 30.1 Å². The van der Waals surface area contributed by atoms with Gasteiger partial charge in [-0.2, -0.15) is 13.8 Å². The molecule has 3 aliphatic rings. The predicted octanol–water partition coefficient (Wildman–Crippen LogP) is 1.72. The number of imidazole rings is 1. The van der Waals surface area contributed by atoms with E-state index in [9.17, 15) is 13.9 Å². The standard InChI is InChI=1S/C21H20ClN5O4.C3H7F2NO/c22-12-7-13-20(26-16(12)10-1-3-11(4-2-10)19-23-5-6-24-19)27-21(25-13)31-15-9-30-17-14(28)8-29-18(15)17;1-7-2-3(4,5)6/h1-4,7,14-15,17-18,28H,5-6,8-9H2,(H,23,24)(H,25,26,27);2,6H2,1H3/t14-,15-,17-,18-;/m1./s1. The monoisotopic (exact) mass is 552 g/mol. The van der Waals surface area contributed by atoms with Crippen LogP contribution in [0.3, 0.4) is 0 Å². The van der Waals surface area contributed by atoms with E-state index in [1.807, 2.05) is 24.3 Å². The first kappa shape index (κ1) is 26.7. The lowest BCUT2D eigenvalue weighted by molar-refractivity contribution is -0.0584. The largest absolute Gasteiger partial charge is 0.456 e. The van der Waals surface area contributed by atoms with Crippen molar-refractivity contribution < 1.29 is 32.8 Å². The Hall–Kier alpha value is -2.94. The summed E-state index contributed by atoms with van der Waals surface area (Å²) in [5.74, 6) is 0.909. The molecular formula is C24H27ClF2N6O5. The summed E-state index contributed by atoms with van der Waals surface area (Å²) in [5, 5.41) is 13.7. The van der Waals surface area contributed by atoms with Gasteiger partial charge in [0.2, 0.25) is 0 Å². The van der Waals surface area contributed by atoms with Crippen molar-refractivity contribution in [1.82, 2.24) is 20.3 Å². The Morgan fingerprint density at radius 2 is 1.89 bits per heavy atom. The molecule has 2 fully saturated rings. The van der Waals surface area contributed by atoms with Crippen molar-refractivity contribution in [1.29, 1.82) is 0 Å². The highest BCUT2D eigenvalue weighted by Gasteiger charge is 2.48. The molecule has 5 heterocycles. The number of benzene rings is 1. The quantitative estimate of drug-likeness (QED) is 0.335. The van der Waals surface area contributed by atoms with Crippen molar-refractivity contribution in [2.75, 3.05) is 40.0 Å². The van der Waals surface area contributed by atoms with Crippen LogP contribution in [0.25, 0.3) is 22.4 Å². The van der Waals surface area contributed by atoms with Crippen molar-refractivity contribution in [2.45, 2.75) is 30.5 Å². The van der Waals surface area contributed by atoms with Gasteiger partial charge >= 0.3 is 6.05 Å². The topological polar surface area (TPSA) is 149 Å². The molecule has 3 aromatic rings. The second-order valence-electron chi connectivity index (χ2n) is 8.98. The Morgan fingerprint density at radius 3 is 2.55 bits per heavy atom. The molecule has 0 radical (unpaired) electrons. The molecule has 3 aliphatic heterocycles. The molecule has 0 saturated carbocycles. The number of aliphatic hydroxyl groups excluding tert-OH is 1. The molecule has 0 aliphatic carbocycles. The number of hydrogen-bond donors (Lipinski definition) is 4. The maximum absolute atomic E-state index is 11.4. The number of fused-ring (bicyclic) bond motifs is 2. The van der Waals surface area contributed by atoms with Crippen LogP contribution in [0.5, 0.6) is 6.01 Å². The number of rotatable bonds is 6. The van der Waals surface area contributed by atoms with Crippen LogP contribution in [0.1, 0.15) is 5.56 Å². The van der Waals surface area contributed by atoms with Crippen LogP contribution in [0, 0.1) is 0 Å². The number of nitrogens with zero attached hydrogens (tertiary/aromatic N) is 3. The van der Waals surface area contributed by atoms with Gasteiger partial charge in [-0.3, -0.25) is 10.7 Å². The summed E-state index contributed by atoms with van der Waals surface area (Å²) in [4.78, 5) is 16.7. The number of alkyl halides is 2. The molecule has 4 atom stereocenters. The van der Waals surface area contributed by atoms with Crippen molar-refractivity contribution in [2.24, 2.45) is 10.7 Å². The lowest BCUT2D eigenvalue weighted by Crippen LogP contribution is -2.34. The highest BCUT2D eigenvalue weighted by Crippen LogP contribution is 2.32. The first-order valence-corrected chi connectivity index (χ1v) is 12.3. The average Bonchev–Trinajstić information content (AvgIpc) is 3.66. The van der Waals surface area contributed by atoms with Gasteiger partial charge in [-0.05, 0) is 6.07 Å². The second kappa shape index (κ2) is 11.0. The Morgan fingerprint density at radius 1 is 1.16 bits per heavy atom. The average molecular weight is 553 g/mol. The van der Waals surface area contributed by atoms with Crippen LogP contribution in [0.2, 0.25) is 5.02 Å². The lowest BCUT2D eigenvalue weighted by atomic mass is 10.1. The molecule has 0 spiro atoms. The minimum Gasteiger partial charge on any atom is -0.456 e. The number of H-pyrrole nitrogens is 1. The van der Waals surface area contributed by atoms with Gasteiger partial charge in [-0.15, -0.1) is 0 Å². The molecule has 2 aromatic heterocycles. The van der Waals surface area contributed by atoms with Gasteiger partial charge in [0.1, 0.15) is 30.8 Å². The van der Waals surface area contributed by atoms with Gasteiger partial charge in [0, 0.05) is 24.8 Å². The normalized spacial score (nSPS) is 24.5. The highest BCUT2D eigenvalue weighted by atomic mass is 35.5. The van der Waals surface area contributed by atoms with Crippen molar-refractivity contribution >= 4 is 28.6 Å². The number of hydrogen-bond acceptors (Lipinski definition) is 10. The van der Waals surface area contributed by atoms with Crippen molar-refractivity contribution in [3.8, 4) is 17.3 Å². The summed E-state index contributed by atoms with van der Waals surface area (Å²) in [7, 11) is 1.17. The van der Waals surface area contributed by atoms with Gasteiger partial charge < -0.3 is 34.4 Å². The molecule has 2 saturated heterocycles. The predicted molar refractivity (Wildman–Crippen MR) is 135 cm³/mol. The Bertz CT molecular complexity index is 1300. The molecule has 0 amide bonds. The Kier molecular flexibility index (Phi) is 7.75. The number of aromatic amines is 1. The van der Waals surface area contributed by atoms with Crippen LogP contribution >= 0.6 is 11.6 Å². The van der Waals surface area contributed by atoms with Crippen molar-refractivity contribution in [3.05, 3.63) is 40.9 Å². The van der Waals surface area contributed by atoms with Crippen LogP contribution in [-0.2, 0) is 14.2 Å². The van der Waals surface area contributed by atoms with E-state index in [2.05, 4.69) is 35.7 Å². The molecular weight excluding hydrogens is 526 g/mol. The third-order valence-corrected chi connectivity index (χ3v) is 6.38. The molecule has 11 nitrogen and oxygen atoms in total. The summed E-state index contributed by atoms with van der Waals surface area (Å²) in [6, 6.07) is 6.88. The zero-order valence-corrected chi connectivity index (χ0v) is 21.1. The summed E-state index contributed by atoms with van der Waals surface area (Å²) in [6.45, 7) is 1.53. The zero-order chi connectivity index (χ0) is 26.9. The van der Waals surface area contributed by atoms with E-state index in [-0.39, 0.29) is 24.9 Å². The fourth-order valence-corrected chi connectivity index (χ4v) is 4.67. The van der Waals surface area contributed by atoms with E-state index in [4.69, 9.17) is 25.8 Å². The Balaban J connectivity index is 0.000000374. The van der Waals surface area contributed by atoms with Crippen LogP contribution in [0.4, 0.5) is 8.78 Å². The van der Waals surface area contributed by atoms with E-state index in [1.54, 1.807) is 6.07 Å². The number of amidine groups is 1. The fraction of sp³-hybridized carbons (Fsp3) is 0.458. The van der Waals surface area contributed by atoms with Gasteiger partial charge in [0.05, 0.1) is 36.0 Å². The number of halogens is 3. The first-order valence-electron chi connectivity index (χ1n) is 11.9. The van der Waals surface area contributed by atoms with Crippen LogP contribution in [0.15, 0.2) is 35.3 Å². The third-order valence-electron chi connectivity index (χ3n) is 6.09. The number of aliphatic imine (C=N–C) groups is 1. The van der Waals surface area contributed by atoms with E-state index >= 15 is 0 Å². The summed E-state index contributed by atoms with van der Waals surface area (Å²) in [6.07, 6.45) is -1.65. The van der Waals surface area contributed by atoms with E-state index in [1.165, 1.54) is 7.11 Å². The number of methoxy groups -OCH3 is 1. The number of ether oxygens (including phenoxy) is 4. The van der Waals surface area contributed by atoms with Gasteiger partial charge in [0.15, 0.2) is 11.8 Å². The van der Waals surface area contributed by atoms with Gasteiger partial charge in [-0.1, -0.05) is 35.9 Å². The van der Waals surface area contributed by atoms with Gasteiger partial charge in [-0.25, -0.2) is 4.98 Å². The van der Waals surface area contributed by atoms with E-state index in [0.29, 0.717) is 34.5 Å². The third kappa shape index (κ3) is 5.87. The number of nitrogens with two attached hydrogens (primary N) is 1. The molecule has 204 valence electrons. The molecule has 14 heteroatoms. The number of pyridine rings is 1. The zero-order valence-electron chi connectivity index (χ0n) is 20.4. The molecule has 1 aromatic carbocycles. The van der Waals surface area contributed by atoms with Crippen LogP contribution in [-0.4, -0.2) is 96.4 Å². The fourth-order valence-electron chi connectivity index (χ4n) is 4.41. The number of aliphatic hydroxyl groups is 1. The number of nitrogens with one attached hydrogen (secondary N) is 2. The summed E-state index contributed by atoms with van der Waals surface area (Å²) in [5.41, 5.74) is 7.93. The molecule has 0 unspecified atom stereocenters. The maximum Gasteiger partial charge on any atom is 0.323 e. The molecule has 38 heavy (non-hydrogen) atoms. The van der Waals surface area contributed by atoms with Crippen molar-refractivity contribution in [3.63, 3.8) is 0 Å². The smallest absolute Gasteiger partial charge is 0.323 e. The lowest BCUT2D eigenvalue weighted by Gasteiger charge is -2.15. The maximum atomic E-state index is 11.4. The minimum atomic E-state index is -3.17. The number of aromatic nitrogens is 3. The Labute approximate surface area is 221 Å². The molecule has 5 N–H and O–H groups in total. The minimum absolute atomic E-state index is 0.248. The van der Waals surface area contributed by atoms with E-state index < -0.39 is 18.8 Å². The van der Waals surface area contributed by atoms with Crippen LogP contribution < -0.4 is 15.8 Å². The molecule has 0 bridgehead atoms. The van der Waals surface area contributed by atoms with Gasteiger partial charge in [0.25, 0.3) is 6.01 Å². The summed E-state index contributed by atoms with van der Waals surface area (Å²) < 4.78 is 43.9. The first-order chi connectivity index (χ1) is 18.2. The highest BCUT2D eigenvalue weighted by molar-refractivity contribution is 6.33. The molecule has 6 rings (SSSR count).